The fraction of sp³-hybridized carbons (Fsp3) is 0.458. The fourth-order valence-corrected chi connectivity index (χ4v) is 5.12. The molecule has 0 spiro atoms. The number of likely N-dealkylation sites (tertiary alicyclic amines) is 1. The lowest BCUT2D eigenvalue weighted by Crippen LogP contribution is -2.35. The summed E-state index contributed by atoms with van der Waals surface area (Å²) >= 11 is 0. The predicted molar refractivity (Wildman–Crippen MR) is 116 cm³/mol. The van der Waals surface area contributed by atoms with Crippen molar-refractivity contribution in [2.24, 2.45) is 18.9 Å². The van der Waals surface area contributed by atoms with Crippen LogP contribution >= 0.6 is 0 Å². The first kappa shape index (κ1) is 19.5. The molecule has 1 saturated heterocycles. The number of aliphatic hydroxyl groups is 2. The molecule has 1 saturated carbocycles. The van der Waals surface area contributed by atoms with E-state index in [2.05, 4.69) is 34.3 Å². The van der Waals surface area contributed by atoms with Gasteiger partial charge in [0.2, 0.25) is 0 Å². The molecule has 158 valence electrons. The van der Waals surface area contributed by atoms with E-state index in [0.717, 1.165) is 53.6 Å². The molecule has 2 aromatic carbocycles. The van der Waals surface area contributed by atoms with Crippen LogP contribution in [0, 0.1) is 11.8 Å². The van der Waals surface area contributed by atoms with Gasteiger partial charge in [0.05, 0.1) is 12.3 Å². The smallest absolute Gasteiger partial charge is 0.120 e. The molecule has 6 heteroatoms. The van der Waals surface area contributed by atoms with Gasteiger partial charge in [-0.05, 0) is 59.2 Å². The number of ether oxygens (including phenoxy) is 1. The summed E-state index contributed by atoms with van der Waals surface area (Å²) in [6.07, 6.45) is 5.06. The van der Waals surface area contributed by atoms with Crippen LogP contribution in [0.3, 0.4) is 0 Å². The minimum absolute atomic E-state index is 0.122. The van der Waals surface area contributed by atoms with Gasteiger partial charge in [-0.3, -0.25) is 4.68 Å². The third-order valence-corrected chi connectivity index (χ3v) is 6.56. The Bertz CT molecular complexity index is 1020. The second-order valence-electron chi connectivity index (χ2n) is 8.96. The molecule has 1 aromatic heterocycles. The molecule has 6 nitrogen and oxygen atoms in total. The van der Waals surface area contributed by atoms with Gasteiger partial charge >= 0.3 is 0 Å². The van der Waals surface area contributed by atoms with Gasteiger partial charge < -0.3 is 19.8 Å². The number of aliphatic hydroxyl groups excluding tert-OH is 2. The van der Waals surface area contributed by atoms with Crippen LogP contribution in [-0.4, -0.2) is 63.3 Å². The van der Waals surface area contributed by atoms with E-state index in [0.29, 0.717) is 18.4 Å². The van der Waals surface area contributed by atoms with E-state index in [1.165, 1.54) is 0 Å². The summed E-state index contributed by atoms with van der Waals surface area (Å²) in [5.41, 5.74) is 2.24. The third kappa shape index (κ3) is 4.08. The number of aryl methyl sites for hydroxylation is 1. The number of fused-ring (bicyclic) bond motifs is 2. The van der Waals surface area contributed by atoms with Crippen LogP contribution in [0.25, 0.3) is 21.9 Å². The number of rotatable bonds is 6. The summed E-state index contributed by atoms with van der Waals surface area (Å²) < 4.78 is 7.69. The average Bonchev–Trinajstić information content (AvgIpc) is 3.40. The average molecular weight is 408 g/mol. The van der Waals surface area contributed by atoms with Crippen molar-refractivity contribution in [3.05, 3.63) is 48.8 Å². The standard InChI is InChI=1S/C24H29N3O3/c1-26-11-21(10-25-26)17-2-3-18-9-24(5-4-16(18)6-17)30-15-23(29)14-27-12-19-7-22(28)8-20(19)13-27/h2-6,9-11,19-20,22-23,28-29H,7-8,12-15H2,1H3/t19-,20+,22?,23?. The maximum absolute atomic E-state index is 10.4. The van der Waals surface area contributed by atoms with Crippen molar-refractivity contribution in [3.8, 4) is 16.9 Å². The van der Waals surface area contributed by atoms with Crippen LogP contribution in [-0.2, 0) is 7.05 Å². The molecule has 0 bridgehead atoms. The van der Waals surface area contributed by atoms with Crippen molar-refractivity contribution < 1.29 is 14.9 Å². The van der Waals surface area contributed by atoms with Crippen LogP contribution in [0.4, 0.5) is 0 Å². The maximum Gasteiger partial charge on any atom is 0.120 e. The second kappa shape index (κ2) is 8.02. The number of β-amino-alcohol motifs (C(OH)–C–C–N with tert-alkyl or cyclic N) is 1. The number of hydrogen-bond acceptors (Lipinski definition) is 5. The topological polar surface area (TPSA) is 70.8 Å². The van der Waals surface area contributed by atoms with Gasteiger partial charge in [-0.2, -0.15) is 5.10 Å². The first-order chi connectivity index (χ1) is 14.5. The molecule has 1 aliphatic heterocycles. The molecule has 1 aliphatic carbocycles. The Hall–Kier alpha value is -2.41. The van der Waals surface area contributed by atoms with E-state index in [-0.39, 0.29) is 12.7 Å². The zero-order chi connectivity index (χ0) is 20.7. The van der Waals surface area contributed by atoms with E-state index in [1.54, 1.807) is 4.68 Å². The minimum Gasteiger partial charge on any atom is -0.491 e. The highest BCUT2D eigenvalue weighted by atomic mass is 16.5. The van der Waals surface area contributed by atoms with E-state index in [1.807, 2.05) is 31.6 Å². The van der Waals surface area contributed by atoms with Gasteiger partial charge in [-0.1, -0.05) is 18.2 Å². The zero-order valence-corrected chi connectivity index (χ0v) is 17.3. The molecule has 2 aliphatic rings. The van der Waals surface area contributed by atoms with Crippen molar-refractivity contribution in [3.63, 3.8) is 0 Å². The normalized spacial score (nSPS) is 25.0. The molecule has 0 radical (unpaired) electrons. The van der Waals surface area contributed by atoms with Gasteiger partial charge in [-0.15, -0.1) is 0 Å². The molecule has 2 heterocycles. The fourth-order valence-electron chi connectivity index (χ4n) is 5.12. The van der Waals surface area contributed by atoms with Gasteiger partial charge in [0.25, 0.3) is 0 Å². The zero-order valence-electron chi connectivity index (χ0n) is 17.3. The van der Waals surface area contributed by atoms with E-state index in [9.17, 15) is 10.2 Å². The quantitative estimate of drug-likeness (QED) is 0.658. The number of nitrogens with zero attached hydrogens (tertiary/aromatic N) is 3. The molecular formula is C24H29N3O3. The van der Waals surface area contributed by atoms with Crippen LogP contribution in [0.2, 0.25) is 0 Å². The van der Waals surface area contributed by atoms with Crippen LogP contribution in [0.1, 0.15) is 12.8 Å². The molecule has 5 rings (SSSR count). The largest absolute Gasteiger partial charge is 0.491 e. The number of aromatic nitrogens is 2. The highest BCUT2D eigenvalue weighted by Crippen LogP contribution is 2.38. The molecular weight excluding hydrogens is 378 g/mol. The molecule has 2 N–H and O–H groups in total. The summed E-state index contributed by atoms with van der Waals surface area (Å²) in [5, 5.41) is 26.7. The maximum atomic E-state index is 10.4. The lowest BCUT2D eigenvalue weighted by Gasteiger charge is -2.21. The van der Waals surface area contributed by atoms with E-state index >= 15 is 0 Å². The monoisotopic (exact) mass is 407 g/mol. The van der Waals surface area contributed by atoms with Crippen molar-refractivity contribution in [2.75, 3.05) is 26.2 Å². The van der Waals surface area contributed by atoms with Crippen LogP contribution < -0.4 is 4.74 Å². The Morgan fingerprint density at radius 2 is 1.80 bits per heavy atom. The number of hydrogen-bond donors (Lipinski definition) is 2. The van der Waals surface area contributed by atoms with Gasteiger partial charge in [0.1, 0.15) is 18.5 Å². The third-order valence-electron chi connectivity index (χ3n) is 6.56. The molecule has 30 heavy (non-hydrogen) atoms. The van der Waals surface area contributed by atoms with Crippen LogP contribution in [0.5, 0.6) is 5.75 Å². The Balaban J connectivity index is 1.17. The first-order valence-electron chi connectivity index (χ1n) is 10.8. The van der Waals surface area contributed by atoms with Crippen molar-refractivity contribution in [2.45, 2.75) is 25.0 Å². The second-order valence-corrected chi connectivity index (χ2v) is 8.96. The Kier molecular flexibility index (Phi) is 5.23. The predicted octanol–water partition coefficient (Wildman–Crippen LogP) is 2.68. The Morgan fingerprint density at radius 3 is 2.53 bits per heavy atom. The molecule has 2 fully saturated rings. The van der Waals surface area contributed by atoms with Crippen molar-refractivity contribution in [1.82, 2.24) is 14.7 Å². The highest BCUT2D eigenvalue weighted by Gasteiger charge is 2.40. The van der Waals surface area contributed by atoms with E-state index < -0.39 is 6.10 Å². The summed E-state index contributed by atoms with van der Waals surface area (Å²) in [6, 6.07) is 12.4. The van der Waals surface area contributed by atoms with E-state index in [4.69, 9.17) is 4.74 Å². The highest BCUT2D eigenvalue weighted by molar-refractivity contribution is 5.88. The van der Waals surface area contributed by atoms with Crippen molar-refractivity contribution >= 4 is 10.8 Å². The number of benzene rings is 2. The molecule has 3 aromatic rings. The molecule has 4 atom stereocenters. The van der Waals surface area contributed by atoms with Gasteiger partial charge in [-0.25, -0.2) is 0 Å². The molecule has 2 unspecified atom stereocenters. The van der Waals surface area contributed by atoms with Crippen molar-refractivity contribution in [1.29, 1.82) is 0 Å². The lowest BCUT2D eigenvalue weighted by atomic mass is 10.0. The Labute approximate surface area is 176 Å². The van der Waals surface area contributed by atoms with Gasteiger partial charge in [0, 0.05) is 38.4 Å². The lowest BCUT2D eigenvalue weighted by molar-refractivity contribution is 0.0708. The summed E-state index contributed by atoms with van der Waals surface area (Å²) in [4.78, 5) is 2.32. The summed E-state index contributed by atoms with van der Waals surface area (Å²) in [7, 11) is 1.92. The van der Waals surface area contributed by atoms with Crippen LogP contribution in [0.15, 0.2) is 48.8 Å². The summed E-state index contributed by atoms with van der Waals surface area (Å²) in [6.45, 7) is 2.88. The van der Waals surface area contributed by atoms with Gasteiger partial charge in [0.15, 0.2) is 0 Å². The molecule has 0 amide bonds. The minimum atomic E-state index is -0.516. The summed E-state index contributed by atoms with van der Waals surface area (Å²) in [5.74, 6) is 1.95. The SMILES string of the molecule is Cn1cc(-c2ccc3cc(OCC(O)CN4C[C@H]5CC(O)C[C@H]5C4)ccc3c2)cn1. The first-order valence-corrected chi connectivity index (χ1v) is 10.8. The Morgan fingerprint density at radius 1 is 1.07 bits per heavy atom.